The third-order valence-corrected chi connectivity index (χ3v) is 2.58. The van der Waals surface area contributed by atoms with E-state index in [0.717, 1.165) is 18.2 Å². The Balaban J connectivity index is 3.19. The van der Waals surface area contributed by atoms with Gasteiger partial charge in [0.05, 0.1) is 17.2 Å². The molecule has 7 heteroatoms. The lowest BCUT2D eigenvalue weighted by Gasteiger charge is -2.18. The second-order valence-corrected chi connectivity index (χ2v) is 3.98. The molecule has 2 unspecified atom stereocenters. The SMILES string of the molecule is O=C(O)c1cc(C(=O)O)cc(C(O)C(O)CCO)c1. The van der Waals surface area contributed by atoms with E-state index in [1.54, 1.807) is 0 Å². The zero-order chi connectivity index (χ0) is 14.6. The van der Waals surface area contributed by atoms with Gasteiger partial charge in [-0.25, -0.2) is 9.59 Å². The molecule has 0 aliphatic carbocycles. The smallest absolute Gasteiger partial charge is 0.335 e. The molecule has 0 aliphatic rings. The van der Waals surface area contributed by atoms with E-state index >= 15 is 0 Å². The van der Waals surface area contributed by atoms with Crippen LogP contribution in [-0.2, 0) is 0 Å². The summed E-state index contributed by atoms with van der Waals surface area (Å²) in [4.78, 5) is 21.7. The van der Waals surface area contributed by atoms with E-state index in [0.29, 0.717) is 0 Å². The first kappa shape index (κ1) is 15.1. The van der Waals surface area contributed by atoms with Crippen LogP contribution in [0.15, 0.2) is 18.2 Å². The maximum absolute atomic E-state index is 10.9. The summed E-state index contributed by atoms with van der Waals surface area (Å²) in [6, 6.07) is 3.12. The van der Waals surface area contributed by atoms with Crippen molar-refractivity contribution in [2.24, 2.45) is 0 Å². The molecule has 1 aromatic carbocycles. The molecule has 0 saturated heterocycles. The van der Waals surface area contributed by atoms with Crippen LogP contribution in [0.4, 0.5) is 0 Å². The Labute approximate surface area is 108 Å². The van der Waals surface area contributed by atoms with Crippen molar-refractivity contribution in [1.82, 2.24) is 0 Å². The average Bonchev–Trinajstić information content (AvgIpc) is 2.37. The van der Waals surface area contributed by atoms with Gasteiger partial charge in [-0.05, 0) is 30.2 Å². The first-order valence-corrected chi connectivity index (χ1v) is 5.45. The van der Waals surface area contributed by atoms with Crippen LogP contribution in [0.5, 0.6) is 0 Å². The number of carbonyl (C=O) groups is 2. The highest BCUT2D eigenvalue weighted by Gasteiger charge is 2.21. The molecule has 0 radical (unpaired) electrons. The summed E-state index contributed by atoms with van der Waals surface area (Å²) in [6.45, 7) is -0.358. The molecule has 0 amide bonds. The van der Waals surface area contributed by atoms with Gasteiger partial charge in [0.25, 0.3) is 0 Å². The molecule has 1 rings (SSSR count). The zero-order valence-corrected chi connectivity index (χ0v) is 9.85. The lowest BCUT2D eigenvalue weighted by Crippen LogP contribution is -2.20. The minimum atomic E-state index is -1.47. The van der Waals surface area contributed by atoms with Gasteiger partial charge in [0.1, 0.15) is 6.10 Å². The molecule has 0 spiro atoms. The molecule has 5 N–H and O–H groups in total. The number of rotatable bonds is 6. The molecule has 0 heterocycles. The van der Waals surface area contributed by atoms with Crippen molar-refractivity contribution in [3.63, 3.8) is 0 Å². The number of aliphatic hydroxyl groups is 3. The van der Waals surface area contributed by atoms with Crippen molar-refractivity contribution in [3.8, 4) is 0 Å². The van der Waals surface area contributed by atoms with Gasteiger partial charge in [0.15, 0.2) is 0 Å². The Morgan fingerprint density at radius 3 is 1.84 bits per heavy atom. The number of aromatic carboxylic acids is 2. The predicted octanol–water partition coefficient (Wildman–Crippen LogP) is -0.140. The third-order valence-electron chi connectivity index (χ3n) is 2.58. The number of hydrogen-bond acceptors (Lipinski definition) is 5. The first-order valence-electron chi connectivity index (χ1n) is 5.45. The summed E-state index contributed by atoms with van der Waals surface area (Å²) in [5, 5.41) is 45.7. The van der Waals surface area contributed by atoms with Crippen LogP contribution in [0.1, 0.15) is 38.8 Å². The normalized spacial score (nSPS) is 13.8. The Hall–Kier alpha value is -1.96. The maximum atomic E-state index is 10.9. The van der Waals surface area contributed by atoms with Gasteiger partial charge in [0.2, 0.25) is 0 Å². The number of hydrogen-bond donors (Lipinski definition) is 5. The van der Waals surface area contributed by atoms with E-state index in [4.69, 9.17) is 15.3 Å². The molecule has 0 bridgehead atoms. The monoisotopic (exact) mass is 270 g/mol. The molecule has 19 heavy (non-hydrogen) atoms. The van der Waals surface area contributed by atoms with E-state index in [2.05, 4.69) is 0 Å². The van der Waals surface area contributed by atoms with Gasteiger partial charge in [0, 0.05) is 6.61 Å². The largest absolute Gasteiger partial charge is 0.478 e. The number of carboxylic acid groups (broad SMARTS) is 2. The Kier molecular flexibility index (Phi) is 4.99. The Bertz CT molecular complexity index is 451. The number of benzene rings is 1. The summed E-state index contributed by atoms with van der Waals surface area (Å²) in [5.74, 6) is -2.68. The molecular weight excluding hydrogens is 256 g/mol. The summed E-state index contributed by atoms with van der Waals surface area (Å²) < 4.78 is 0. The van der Waals surface area contributed by atoms with Gasteiger partial charge < -0.3 is 25.5 Å². The van der Waals surface area contributed by atoms with E-state index in [1.807, 2.05) is 0 Å². The van der Waals surface area contributed by atoms with E-state index in [-0.39, 0.29) is 29.7 Å². The fraction of sp³-hybridized carbons (Fsp3) is 0.333. The molecule has 2 atom stereocenters. The average molecular weight is 270 g/mol. The number of carboxylic acids is 2. The second kappa shape index (κ2) is 6.28. The summed E-state index contributed by atoms with van der Waals surface area (Å²) in [7, 11) is 0. The van der Waals surface area contributed by atoms with Crippen LogP contribution in [0.3, 0.4) is 0 Å². The van der Waals surface area contributed by atoms with Crippen molar-refractivity contribution in [3.05, 3.63) is 34.9 Å². The van der Waals surface area contributed by atoms with Crippen molar-refractivity contribution in [2.45, 2.75) is 18.6 Å². The van der Waals surface area contributed by atoms with Crippen molar-refractivity contribution in [2.75, 3.05) is 6.61 Å². The predicted molar refractivity (Wildman–Crippen MR) is 63.0 cm³/mol. The molecule has 1 aromatic rings. The zero-order valence-electron chi connectivity index (χ0n) is 9.85. The lowest BCUT2D eigenvalue weighted by molar-refractivity contribution is 0.00408. The highest BCUT2D eigenvalue weighted by Crippen LogP contribution is 2.22. The van der Waals surface area contributed by atoms with Crippen LogP contribution in [0.2, 0.25) is 0 Å². The van der Waals surface area contributed by atoms with E-state index in [9.17, 15) is 19.8 Å². The summed E-state index contributed by atoms with van der Waals surface area (Å²) >= 11 is 0. The van der Waals surface area contributed by atoms with Crippen molar-refractivity contribution in [1.29, 1.82) is 0 Å². The molecule has 104 valence electrons. The Morgan fingerprint density at radius 1 is 1.00 bits per heavy atom. The fourth-order valence-electron chi connectivity index (χ4n) is 1.58. The fourth-order valence-corrected chi connectivity index (χ4v) is 1.58. The van der Waals surface area contributed by atoms with Gasteiger partial charge in [-0.1, -0.05) is 0 Å². The van der Waals surface area contributed by atoms with Crippen LogP contribution in [0, 0.1) is 0 Å². The summed E-state index contributed by atoms with van der Waals surface area (Å²) in [6.07, 6.45) is -2.89. The standard InChI is InChI=1S/C12H14O7/c13-2-1-9(14)10(15)6-3-7(11(16)17)5-8(4-6)12(18)19/h3-5,9-10,13-15H,1-2H2,(H,16,17)(H,18,19). The van der Waals surface area contributed by atoms with Crippen LogP contribution in [-0.4, -0.2) is 50.2 Å². The van der Waals surface area contributed by atoms with Crippen LogP contribution < -0.4 is 0 Å². The van der Waals surface area contributed by atoms with Crippen LogP contribution >= 0.6 is 0 Å². The molecule has 0 saturated carbocycles. The van der Waals surface area contributed by atoms with Gasteiger partial charge in [-0.15, -0.1) is 0 Å². The molecular formula is C12H14O7. The minimum absolute atomic E-state index is 0.0294. The van der Waals surface area contributed by atoms with Gasteiger partial charge in [-0.2, -0.15) is 0 Å². The maximum Gasteiger partial charge on any atom is 0.335 e. The quantitative estimate of drug-likeness (QED) is 0.485. The topological polar surface area (TPSA) is 135 Å². The molecule has 7 nitrogen and oxygen atoms in total. The second-order valence-electron chi connectivity index (χ2n) is 3.98. The Morgan fingerprint density at radius 2 is 1.47 bits per heavy atom. The molecule has 0 fully saturated rings. The lowest BCUT2D eigenvalue weighted by atomic mass is 9.97. The molecule has 0 aliphatic heterocycles. The van der Waals surface area contributed by atoms with E-state index < -0.39 is 24.1 Å². The van der Waals surface area contributed by atoms with Crippen LogP contribution in [0.25, 0.3) is 0 Å². The first-order chi connectivity index (χ1) is 8.86. The van der Waals surface area contributed by atoms with Gasteiger partial charge in [-0.3, -0.25) is 0 Å². The highest BCUT2D eigenvalue weighted by atomic mass is 16.4. The minimum Gasteiger partial charge on any atom is -0.478 e. The van der Waals surface area contributed by atoms with Crippen molar-refractivity contribution >= 4 is 11.9 Å². The highest BCUT2D eigenvalue weighted by molar-refractivity contribution is 5.94. The van der Waals surface area contributed by atoms with Crippen molar-refractivity contribution < 1.29 is 35.1 Å². The van der Waals surface area contributed by atoms with E-state index in [1.165, 1.54) is 0 Å². The third kappa shape index (κ3) is 3.75. The van der Waals surface area contributed by atoms with Gasteiger partial charge >= 0.3 is 11.9 Å². The summed E-state index contributed by atoms with van der Waals surface area (Å²) in [5.41, 5.74) is -0.631. The number of aliphatic hydroxyl groups excluding tert-OH is 3. The molecule has 0 aromatic heterocycles.